The van der Waals surface area contributed by atoms with E-state index < -0.39 is 0 Å². The zero-order valence-corrected chi connectivity index (χ0v) is 14.4. The van der Waals surface area contributed by atoms with Gasteiger partial charge in [-0.3, -0.25) is 4.79 Å². The molecule has 1 aliphatic carbocycles. The van der Waals surface area contributed by atoms with Gasteiger partial charge in [0.15, 0.2) is 0 Å². The molecule has 2 aliphatic rings. The Bertz CT molecular complexity index is 571. The molecule has 130 valence electrons. The molecule has 1 saturated heterocycles. The van der Waals surface area contributed by atoms with Crippen LogP contribution in [0.1, 0.15) is 31.7 Å². The van der Waals surface area contributed by atoms with E-state index in [1.807, 2.05) is 28.0 Å². The molecule has 1 aliphatic heterocycles. The summed E-state index contributed by atoms with van der Waals surface area (Å²) in [4.78, 5) is 27.9. The Morgan fingerprint density at radius 1 is 1.08 bits per heavy atom. The van der Waals surface area contributed by atoms with E-state index in [-0.39, 0.29) is 18.0 Å². The summed E-state index contributed by atoms with van der Waals surface area (Å²) >= 11 is 0. The van der Waals surface area contributed by atoms with Crippen LogP contribution in [-0.2, 0) is 11.2 Å². The first kappa shape index (κ1) is 16.8. The van der Waals surface area contributed by atoms with E-state index in [0.717, 1.165) is 25.9 Å². The van der Waals surface area contributed by atoms with Gasteiger partial charge in [0.05, 0.1) is 0 Å². The summed E-state index contributed by atoms with van der Waals surface area (Å²) in [5.41, 5.74) is 1.27. The number of carbonyl (C=O) groups is 2. The van der Waals surface area contributed by atoms with Crippen molar-refractivity contribution in [2.24, 2.45) is 5.92 Å². The minimum Gasteiger partial charge on any atom is -0.341 e. The van der Waals surface area contributed by atoms with Crippen molar-refractivity contribution in [2.45, 2.75) is 38.6 Å². The van der Waals surface area contributed by atoms with Gasteiger partial charge in [-0.05, 0) is 37.2 Å². The summed E-state index contributed by atoms with van der Waals surface area (Å²) in [6, 6.07) is 10.6. The summed E-state index contributed by atoms with van der Waals surface area (Å²) in [6.07, 6.45) is 4.15. The smallest absolute Gasteiger partial charge is 0.317 e. The molecule has 5 nitrogen and oxygen atoms in total. The molecule has 2 fully saturated rings. The van der Waals surface area contributed by atoms with Gasteiger partial charge < -0.3 is 15.1 Å². The first-order valence-corrected chi connectivity index (χ1v) is 8.98. The third kappa shape index (κ3) is 4.49. The van der Waals surface area contributed by atoms with Gasteiger partial charge in [0.2, 0.25) is 5.91 Å². The number of amides is 3. The second-order valence-electron chi connectivity index (χ2n) is 6.93. The van der Waals surface area contributed by atoms with Gasteiger partial charge in [0.1, 0.15) is 0 Å². The van der Waals surface area contributed by atoms with E-state index in [1.54, 1.807) is 6.92 Å². The third-order valence-corrected chi connectivity index (χ3v) is 5.03. The Labute approximate surface area is 144 Å². The molecule has 0 spiro atoms. The fourth-order valence-corrected chi connectivity index (χ4v) is 3.39. The van der Waals surface area contributed by atoms with Crippen LogP contribution in [0.4, 0.5) is 4.79 Å². The molecule has 1 aromatic rings. The summed E-state index contributed by atoms with van der Waals surface area (Å²) in [5, 5.41) is 3.25. The van der Waals surface area contributed by atoms with Crippen LogP contribution in [0.2, 0.25) is 0 Å². The van der Waals surface area contributed by atoms with Crippen LogP contribution >= 0.6 is 0 Å². The molecule has 5 heteroatoms. The van der Waals surface area contributed by atoms with E-state index in [4.69, 9.17) is 0 Å². The van der Waals surface area contributed by atoms with Crippen molar-refractivity contribution in [3.05, 3.63) is 35.9 Å². The van der Waals surface area contributed by atoms with Gasteiger partial charge in [-0.15, -0.1) is 0 Å². The highest BCUT2D eigenvalue weighted by Gasteiger charge is 2.33. The molecule has 1 N–H and O–H groups in total. The van der Waals surface area contributed by atoms with Crippen molar-refractivity contribution in [3.63, 3.8) is 0 Å². The number of rotatable bonds is 4. The quantitative estimate of drug-likeness (QED) is 0.921. The van der Waals surface area contributed by atoms with E-state index in [0.29, 0.717) is 19.0 Å². The molecule has 3 amide bonds. The summed E-state index contributed by atoms with van der Waals surface area (Å²) in [7, 11) is 0. The Hall–Kier alpha value is -2.04. The lowest BCUT2D eigenvalue weighted by Gasteiger charge is -2.26. The second kappa shape index (κ2) is 7.69. The van der Waals surface area contributed by atoms with Crippen molar-refractivity contribution < 1.29 is 9.59 Å². The lowest BCUT2D eigenvalue weighted by molar-refractivity contribution is -0.128. The van der Waals surface area contributed by atoms with E-state index in [1.165, 1.54) is 18.4 Å². The monoisotopic (exact) mass is 329 g/mol. The Kier molecular flexibility index (Phi) is 5.38. The number of carbonyl (C=O) groups excluding carboxylic acids is 2. The molecule has 1 aromatic carbocycles. The normalized spacial score (nSPS) is 19.5. The van der Waals surface area contributed by atoms with Crippen molar-refractivity contribution in [1.82, 2.24) is 15.1 Å². The van der Waals surface area contributed by atoms with E-state index in [9.17, 15) is 9.59 Å². The molecule has 0 bridgehead atoms. The number of hydrogen-bond acceptors (Lipinski definition) is 2. The predicted octanol–water partition coefficient (Wildman–Crippen LogP) is 2.27. The van der Waals surface area contributed by atoms with Crippen LogP contribution in [0.5, 0.6) is 0 Å². The van der Waals surface area contributed by atoms with Gasteiger partial charge in [-0.1, -0.05) is 30.3 Å². The molecule has 1 heterocycles. The molecule has 0 aromatic heterocycles. The van der Waals surface area contributed by atoms with Gasteiger partial charge in [0, 0.05) is 39.1 Å². The van der Waals surface area contributed by atoms with Crippen LogP contribution in [0, 0.1) is 5.92 Å². The summed E-state index contributed by atoms with van der Waals surface area (Å²) in [6.45, 7) is 4.32. The highest BCUT2D eigenvalue weighted by molar-refractivity contribution is 5.75. The largest absolute Gasteiger partial charge is 0.341 e. The molecule has 1 saturated carbocycles. The fraction of sp³-hybridized carbons (Fsp3) is 0.579. The van der Waals surface area contributed by atoms with Gasteiger partial charge in [-0.25, -0.2) is 4.79 Å². The number of urea groups is 1. The van der Waals surface area contributed by atoms with Gasteiger partial charge >= 0.3 is 6.03 Å². The molecular formula is C19H27N3O2. The number of nitrogens with zero attached hydrogens (tertiary/aromatic N) is 2. The van der Waals surface area contributed by atoms with Crippen LogP contribution in [-0.4, -0.2) is 54.0 Å². The summed E-state index contributed by atoms with van der Waals surface area (Å²) in [5.74, 6) is 0.701. The van der Waals surface area contributed by atoms with E-state index >= 15 is 0 Å². The first-order chi connectivity index (χ1) is 11.6. The number of benzene rings is 1. The predicted molar refractivity (Wildman–Crippen MR) is 93.6 cm³/mol. The zero-order valence-electron chi connectivity index (χ0n) is 14.4. The van der Waals surface area contributed by atoms with Gasteiger partial charge in [0.25, 0.3) is 0 Å². The Balaban J connectivity index is 1.56. The van der Waals surface area contributed by atoms with Crippen molar-refractivity contribution in [2.75, 3.05) is 26.2 Å². The molecule has 0 radical (unpaired) electrons. The average molecular weight is 329 g/mol. The first-order valence-electron chi connectivity index (χ1n) is 8.98. The molecular weight excluding hydrogens is 302 g/mol. The van der Waals surface area contributed by atoms with Crippen LogP contribution < -0.4 is 5.32 Å². The SMILES string of the molecule is CC(=O)N1CCCN(C(=O)NC(Cc2ccccc2)C2CC2)CC1. The zero-order chi connectivity index (χ0) is 16.9. The summed E-state index contributed by atoms with van der Waals surface area (Å²) < 4.78 is 0. The topological polar surface area (TPSA) is 52.7 Å². The third-order valence-electron chi connectivity index (χ3n) is 5.03. The molecule has 1 atom stereocenters. The molecule has 24 heavy (non-hydrogen) atoms. The maximum Gasteiger partial charge on any atom is 0.317 e. The second-order valence-corrected chi connectivity index (χ2v) is 6.93. The van der Waals surface area contributed by atoms with E-state index in [2.05, 4.69) is 17.4 Å². The van der Waals surface area contributed by atoms with Crippen molar-refractivity contribution in [1.29, 1.82) is 0 Å². The maximum atomic E-state index is 12.7. The lowest BCUT2D eigenvalue weighted by Crippen LogP contribution is -2.47. The maximum absolute atomic E-state index is 12.7. The fourth-order valence-electron chi connectivity index (χ4n) is 3.39. The lowest BCUT2D eigenvalue weighted by atomic mass is 10.0. The number of hydrogen-bond donors (Lipinski definition) is 1. The molecule has 1 unspecified atom stereocenters. The van der Waals surface area contributed by atoms with Gasteiger partial charge in [-0.2, -0.15) is 0 Å². The van der Waals surface area contributed by atoms with Crippen LogP contribution in [0.15, 0.2) is 30.3 Å². The average Bonchev–Trinajstić information content (AvgIpc) is 3.41. The molecule has 3 rings (SSSR count). The minimum absolute atomic E-state index is 0.0215. The minimum atomic E-state index is 0.0215. The standard InChI is InChI=1S/C19H27N3O2/c1-15(23)21-10-5-11-22(13-12-21)19(24)20-18(17-8-9-17)14-16-6-3-2-4-7-16/h2-4,6-7,17-18H,5,8-14H2,1H3,(H,20,24). The highest BCUT2D eigenvalue weighted by atomic mass is 16.2. The number of nitrogens with one attached hydrogen (secondary N) is 1. The Morgan fingerprint density at radius 3 is 2.42 bits per heavy atom. The Morgan fingerprint density at radius 2 is 1.75 bits per heavy atom. The van der Waals surface area contributed by atoms with Crippen molar-refractivity contribution in [3.8, 4) is 0 Å². The van der Waals surface area contributed by atoms with Crippen LogP contribution in [0.25, 0.3) is 0 Å². The van der Waals surface area contributed by atoms with Crippen molar-refractivity contribution >= 4 is 11.9 Å². The highest BCUT2D eigenvalue weighted by Crippen LogP contribution is 2.34. The van der Waals surface area contributed by atoms with Crippen LogP contribution in [0.3, 0.4) is 0 Å².